The summed E-state index contributed by atoms with van der Waals surface area (Å²) in [5, 5.41) is 3.74. The second kappa shape index (κ2) is 4.72. The molecule has 1 fully saturated rings. The van der Waals surface area contributed by atoms with E-state index in [0.29, 0.717) is 24.7 Å². The maximum absolute atomic E-state index is 11.8. The van der Waals surface area contributed by atoms with Crippen LogP contribution in [0.15, 0.2) is 34.3 Å². The predicted octanol–water partition coefficient (Wildman–Crippen LogP) is 0.360. The van der Waals surface area contributed by atoms with E-state index in [1.807, 2.05) is 0 Å². The molecule has 1 heterocycles. The summed E-state index contributed by atoms with van der Waals surface area (Å²) in [7, 11) is -2.09. The summed E-state index contributed by atoms with van der Waals surface area (Å²) in [6, 6.07) is 6.07. The zero-order valence-electron chi connectivity index (χ0n) is 9.21. The van der Waals surface area contributed by atoms with E-state index >= 15 is 0 Å². The van der Waals surface area contributed by atoms with Gasteiger partial charge >= 0.3 is 0 Å². The lowest BCUT2D eigenvalue weighted by Gasteiger charge is -2.15. The summed E-state index contributed by atoms with van der Waals surface area (Å²) >= 11 is 0. The fourth-order valence-electron chi connectivity index (χ4n) is 1.19. The summed E-state index contributed by atoms with van der Waals surface area (Å²) in [5.74, 6) is 0.600. The van der Waals surface area contributed by atoms with Gasteiger partial charge in [0.1, 0.15) is 5.75 Å². The maximum Gasteiger partial charge on any atom is 0.276 e. The first-order valence-electron chi connectivity index (χ1n) is 4.91. The fraction of sp³-hybridized carbons (Fsp3) is 0.300. The van der Waals surface area contributed by atoms with Gasteiger partial charge in [0.25, 0.3) is 10.0 Å². The van der Waals surface area contributed by atoms with Crippen LogP contribution in [0.5, 0.6) is 5.75 Å². The average Bonchev–Trinajstić information content (AvgIpc) is 2.27. The zero-order chi connectivity index (χ0) is 12.3. The minimum absolute atomic E-state index is 0.142. The highest BCUT2D eigenvalue weighted by Gasteiger charge is 2.15. The van der Waals surface area contributed by atoms with Crippen LogP contribution >= 0.6 is 0 Å². The minimum atomic E-state index is -3.61. The molecule has 0 saturated carbocycles. The smallest absolute Gasteiger partial charge is 0.276 e. The Balaban J connectivity index is 2.13. The van der Waals surface area contributed by atoms with E-state index < -0.39 is 10.0 Å². The van der Waals surface area contributed by atoms with Gasteiger partial charge in [-0.15, -0.1) is 0 Å². The topological polar surface area (TPSA) is 77.0 Å². The molecule has 0 aromatic heterocycles. The number of benzene rings is 1. The third kappa shape index (κ3) is 2.75. The Morgan fingerprint density at radius 3 is 2.41 bits per heavy atom. The van der Waals surface area contributed by atoms with Crippen molar-refractivity contribution < 1.29 is 17.9 Å². The van der Waals surface area contributed by atoms with Gasteiger partial charge in [0.15, 0.2) is 0 Å². The molecule has 0 aliphatic carbocycles. The molecular formula is C10H12N2O4S. The van der Waals surface area contributed by atoms with Gasteiger partial charge in [-0.1, -0.05) is 0 Å². The molecule has 0 spiro atoms. The number of hydrazone groups is 1. The molecule has 0 atom stereocenters. The predicted molar refractivity (Wildman–Crippen MR) is 61.6 cm³/mol. The van der Waals surface area contributed by atoms with Gasteiger partial charge in [0.05, 0.1) is 30.9 Å². The number of hydrogen-bond acceptors (Lipinski definition) is 5. The van der Waals surface area contributed by atoms with E-state index in [4.69, 9.17) is 9.47 Å². The Kier molecular flexibility index (Phi) is 3.30. The van der Waals surface area contributed by atoms with Crippen LogP contribution in [0.3, 0.4) is 0 Å². The SMILES string of the molecule is COc1ccc(S(=O)(=O)NN=C2COC2)cc1. The summed E-state index contributed by atoms with van der Waals surface area (Å²) in [4.78, 5) is 2.30. The summed E-state index contributed by atoms with van der Waals surface area (Å²) in [6.45, 7) is 0.760. The Labute approximate surface area is 99.3 Å². The molecule has 2 rings (SSSR count). The lowest BCUT2D eigenvalue weighted by atomic mass is 10.3. The van der Waals surface area contributed by atoms with Crippen LogP contribution < -0.4 is 9.57 Å². The molecule has 0 radical (unpaired) electrons. The van der Waals surface area contributed by atoms with Crippen LogP contribution in [0.25, 0.3) is 0 Å². The van der Waals surface area contributed by atoms with Gasteiger partial charge in [-0.2, -0.15) is 18.4 Å². The summed E-state index contributed by atoms with van der Waals surface area (Å²) < 4.78 is 33.4. The standard InChI is InChI=1S/C10H12N2O4S/c1-15-9-2-4-10(5-3-9)17(13,14)12-11-8-6-16-7-8/h2-5,12H,6-7H2,1H3. The largest absolute Gasteiger partial charge is 0.497 e. The highest BCUT2D eigenvalue weighted by Crippen LogP contribution is 2.15. The van der Waals surface area contributed by atoms with Gasteiger partial charge < -0.3 is 9.47 Å². The van der Waals surface area contributed by atoms with Crippen molar-refractivity contribution in [1.29, 1.82) is 0 Å². The van der Waals surface area contributed by atoms with Crippen molar-refractivity contribution in [3.05, 3.63) is 24.3 Å². The molecule has 1 aliphatic heterocycles. The van der Waals surface area contributed by atoms with Crippen LogP contribution in [0.1, 0.15) is 0 Å². The van der Waals surface area contributed by atoms with Crippen molar-refractivity contribution in [3.63, 3.8) is 0 Å². The van der Waals surface area contributed by atoms with Crippen molar-refractivity contribution in [3.8, 4) is 5.75 Å². The molecule has 6 nitrogen and oxygen atoms in total. The number of nitrogens with one attached hydrogen (secondary N) is 1. The van der Waals surface area contributed by atoms with Crippen LogP contribution in [-0.4, -0.2) is 34.5 Å². The Bertz CT molecular complexity index is 516. The molecule has 7 heteroatoms. The average molecular weight is 256 g/mol. The van der Waals surface area contributed by atoms with Crippen molar-refractivity contribution in [2.24, 2.45) is 5.10 Å². The molecule has 1 saturated heterocycles. The van der Waals surface area contributed by atoms with Crippen LogP contribution in [0.2, 0.25) is 0 Å². The monoisotopic (exact) mass is 256 g/mol. The van der Waals surface area contributed by atoms with Gasteiger partial charge in [-0.3, -0.25) is 0 Å². The molecule has 1 N–H and O–H groups in total. The molecule has 0 amide bonds. The van der Waals surface area contributed by atoms with E-state index in [1.165, 1.54) is 19.2 Å². The number of sulfonamides is 1. The number of methoxy groups -OCH3 is 1. The third-order valence-electron chi connectivity index (χ3n) is 2.23. The number of nitrogens with zero attached hydrogens (tertiary/aromatic N) is 1. The van der Waals surface area contributed by atoms with E-state index in [9.17, 15) is 8.42 Å². The quantitative estimate of drug-likeness (QED) is 0.789. The molecule has 92 valence electrons. The van der Waals surface area contributed by atoms with Crippen molar-refractivity contribution in [1.82, 2.24) is 4.83 Å². The second-order valence-electron chi connectivity index (χ2n) is 3.44. The van der Waals surface area contributed by atoms with Gasteiger partial charge in [0.2, 0.25) is 0 Å². The Hall–Kier alpha value is -1.60. The minimum Gasteiger partial charge on any atom is -0.497 e. The third-order valence-corrected chi connectivity index (χ3v) is 3.46. The highest BCUT2D eigenvalue weighted by atomic mass is 32.2. The van der Waals surface area contributed by atoms with E-state index in [1.54, 1.807) is 12.1 Å². The highest BCUT2D eigenvalue weighted by molar-refractivity contribution is 7.89. The zero-order valence-corrected chi connectivity index (χ0v) is 10.0. The fourth-order valence-corrected chi connectivity index (χ4v) is 2.04. The van der Waals surface area contributed by atoms with Gasteiger partial charge in [-0.25, -0.2) is 0 Å². The lowest BCUT2D eigenvalue weighted by Crippen LogP contribution is -2.31. The normalized spacial score (nSPS) is 15.0. The Morgan fingerprint density at radius 2 is 1.94 bits per heavy atom. The molecule has 0 bridgehead atoms. The summed E-state index contributed by atoms with van der Waals surface area (Å²) in [6.07, 6.45) is 0. The molecule has 17 heavy (non-hydrogen) atoms. The molecule has 1 aromatic rings. The van der Waals surface area contributed by atoms with Crippen LogP contribution in [0, 0.1) is 0 Å². The second-order valence-corrected chi connectivity index (χ2v) is 5.10. The number of rotatable bonds is 4. The van der Waals surface area contributed by atoms with E-state index in [0.717, 1.165) is 0 Å². The molecule has 1 aromatic carbocycles. The van der Waals surface area contributed by atoms with Crippen molar-refractivity contribution in [2.45, 2.75) is 4.90 Å². The van der Waals surface area contributed by atoms with Crippen molar-refractivity contribution in [2.75, 3.05) is 20.3 Å². The Morgan fingerprint density at radius 1 is 1.29 bits per heavy atom. The molecular weight excluding hydrogens is 244 g/mol. The summed E-state index contributed by atoms with van der Waals surface area (Å²) in [5.41, 5.74) is 0.682. The first-order valence-corrected chi connectivity index (χ1v) is 6.39. The maximum atomic E-state index is 11.8. The molecule has 0 unspecified atom stereocenters. The van der Waals surface area contributed by atoms with Crippen molar-refractivity contribution >= 4 is 15.7 Å². The van der Waals surface area contributed by atoms with Crippen LogP contribution in [0.4, 0.5) is 0 Å². The van der Waals surface area contributed by atoms with Crippen LogP contribution in [-0.2, 0) is 14.8 Å². The van der Waals surface area contributed by atoms with E-state index in [-0.39, 0.29) is 4.90 Å². The van der Waals surface area contributed by atoms with Gasteiger partial charge in [0, 0.05) is 0 Å². The first kappa shape index (κ1) is 11.9. The lowest BCUT2D eigenvalue weighted by molar-refractivity contribution is 0.158. The molecule has 1 aliphatic rings. The first-order chi connectivity index (χ1) is 8.12. The van der Waals surface area contributed by atoms with Gasteiger partial charge in [-0.05, 0) is 24.3 Å². The number of hydrogen-bond donors (Lipinski definition) is 1. The van der Waals surface area contributed by atoms with E-state index in [2.05, 4.69) is 9.93 Å². The number of ether oxygens (including phenoxy) is 2.